The van der Waals surface area contributed by atoms with Crippen molar-refractivity contribution in [1.29, 1.82) is 0 Å². The maximum atomic E-state index is 13.6. The summed E-state index contributed by atoms with van der Waals surface area (Å²) in [5.41, 5.74) is 0.634. The van der Waals surface area contributed by atoms with Crippen LogP contribution in [0.25, 0.3) is 0 Å². The van der Waals surface area contributed by atoms with E-state index < -0.39 is 16.3 Å². The van der Waals surface area contributed by atoms with E-state index in [0.29, 0.717) is 38.4 Å². The van der Waals surface area contributed by atoms with Gasteiger partial charge >= 0.3 is 0 Å². The van der Waals surface area contributed by atoms with Crippen LogP contribution in [0, 0.1) is 5.82 Å². The summed E-state index contributed by atoms with van der Waals surface area (Å²) in [7, 11) is -0.676. The summed E-state index contributed by atoms with van der Waals surface area (Å²) in [6.07, 6.45) is 0. The Morgan fingerprint density at radius 1 is 1.27 bits per heavy atom. The van der Waals surface area contributed by atoms with Crippen molar-refractivity contribution in [2.75, 3.05) is 60.2 Å². The van der Waals surface area contributed by atoms with Gasteiger partial charge in [0.25, 0.3) is 10.2 Å². The number of rotatable bonds is 9. The first kappa shape index (κ1) is 23.2. The van der Waals surface area contributed by atoms with E-state index in [-0.39, 0.29) is 31.3 Å². The van der Waals surface area contributed by atoms with Crippen LogP contribution in [-0.4, -0.2) is 77.2 Å². The molecule has 1 heterocycles. The fourth-order valence-electron chi connectivity index (χ4n) is 2.84. The lowest BCUT2D eigenvalue weighted by atomic mass is 10.1. The van der Waals surface area contributed by atoms with Gasteiger partial charge in [0.15, 0.2) is 0 Å². The molecule has 1 aliphatic heterocycles. The molecule has 0 radical (unpaired) electrons. The SMILES string of the molecule is COCCN(CCOC)S(=O)(=O)N1CCNCC1c1cccc(F)c1.Cl. The predicted octanol–water partition coefficient (Wildman–Crippen LogP) is 1.03. The number of halogens is 2. The molecule has 1 unspecified atom stereocenters. The number of methoxy groups -OCH3 is 2. The summed E-state index contributed by atoms with van der Waals surface area (Å²) in [5.74, 6) is -0.379. The van der Waals surface area contributed by atoms with Crippen LogP contribution in [0.2, 0.25) is 0 Å². The van der Waals surface area contributed by atoms with Crippen LogP contribution < -0.4 is 5.32 Å². The fraction of sp³-hybridized carbons (Fsp3) is 0.625. The number of hydrogen-bond donors (Lipinski definition) is 1. The molecular weight excluding hydrogens is 385 g/mol. The molecule has 1 fully saturated rings. The van der Waals surface area contributed by atoms with Crippen molar-refractivity contribution in [3.63, 3.8) is 0 Å². The number of benzene rings is 1. The van der Waals surface area contributed by atoms with Gasteiger partial charge in [0.2, 0.25) is 0 Å². The molecule has 2 rings (SSSR count). The minimum atomic E-state index is -3.73. The number of hydrogen-bond acceptors (Lipinski definition) is 5. The van der Waals surface area contributed by atoms with Gasteiger partial charge in [-0.15, -0.1) is 12.4 Å². The van der Waals surface area contributed by atoms with E-state index >= 15 is 0 Å². The molecule has 7 nitrogen and oxygen atoms in total. The van der Waals surface area contributed by atoms with Gasteiger partial charge in [-0.1, -0.05) is 12.1 Å². The summed E-state index contributed by atoms with van der Waals surface area (Å²) in [6, 6.07) is 5.62. The number of nitrogens with one attached hydrogen (secondary N) is 1. The second-order valence-electron chi connectivity index (χ2n) is 5.78. The van der Waals surface area contributed by atoms with E-state index in [4.69, 9.17) is 9.47 Å². The third-order valence-corrected chi connectivity index (χ3v) is 6.19. The molecule has 1 aromatic carbocycles. The normalized spacial score (nSPS) is 18.7. The summed E-state index contributed by atoms with van der Waals surface area (Å²) < 4.78 is 52.8. The monoisotopic (exact) mass is 411 g/mol. The first-order chi connectivity index (χ1) is 12.0. The molecule has 150 valence electrons. The maximum absolute atomic E-state index is 13.6. The van der Waals surface area contributed by atoms with E-state index in [1.54, 1.807) is 12.1 Å². The zero-order valence-electron chi connectivity index (χ0n) is 15.1. The zero-order chi connectivity index (χ0) is 18.3. The lowest BCUT2D eigenvalue weighted by Crippen LogP contribution is -2.54. The van der Waals surface area contributed by atoms with Crippen molar-refractivity contribution in [3.8, 4) is 0 Å². The van der Waals surface area contributed by atoms with Crippen LogP contribution in [0.3, 0.4) is 0 Å². The maximum Gasteiger partial charge on any atom is 0.282 e. The molecule has 0 bridgehead atoms. The average Bonchev–Trinajstić information content (AvgIpc) is 2.61. The third kappa shape index (κ3) is 5.85. The van der Waals surface area contributed by atoms with Gasteiger partial charge in [-0.25, -0.2) is 4.39 Å². The second kappa shape index (κ2) is 11.1. The van der Waals surface area contributed by atoms with Crippen molar-refractivity contribution >= 4 is 22.6 Å². The van der Waals surface area contributed by atoms with Gasteiger partial charge in [0, 0.05) is 46.9 Å². The summed E-state index contributed by atoms with van der Waals surface area (Å²) in [5, 5.41) is 3.18. The Morgan fingerprint density at radius 3 is 2.50 bits per heavy atom. The first-order valence-electron chi connectivity index (χ1n) is 8.21. The quantitative estimate of drug-likeness (QED) is 0.657. The Hall–Kier alpha value is -0.810. The molecule has 1 atom stereocenters. The van der Waals surface area contributed by atoms with E-state index in [0.717, 1.165) is 0 Å². The molecular formula is C16H27ClFN3O4S. The minimum absolute atomic E-state index is 0. The molecule has 0 aromatic heterocycles. The molecule has 1 saturated heterocycles. The molecule has 0 spiro atoms. The highest BCUT2D eigenvalue weighted by atomic mass is 35.5. The van der Waals surface area contributed by atoms with Crippen molar-refractivity contribution < 1.29 is 22.3 Å². The standard InChI is InChI=1S/C16H26FN3O4S.ClH/c1-23-10-8-19(9-11-24-2)25(21,22)20-7-6-18-13-16(20)14-4-3-5-15(17)12-14;/h3-5,12,16,18H,6-11,13H2,1-2H3;1H. The van der Waals surface area contributed by atoms with Gasteiger partial charge in [0.05, 0.1) is 19.3 Å². The number of piperazine rings is 1. The molecule has 0 saturated carbocycles. The molecule has 0 amide bonds. The van der Waals surface area contributed by atoms with Crippen molar-refractivity contribution in [2.24, 2.45) is 0 Å². The van der Waals surface area contributed by atoms with Gasteiger partial charge in [-0.2, -0.15) is 17.0 Å². The smallest absolute Gasteiger partial charge is 0.282 e. The highest BCUT2D eigenvalue weighted by Crippen LogP contribution is 2.27. The summed E-state index contributed by atoms with van der Waals surface area (Å²) in [4.78, 5) is 0. The largest absolute Gasteiger partial charge is 0.383 e. The Balaban J connectivity index is 0.00000338. The summed E-state index contributed by atoms with van der Waals surface area (Å²) >= 11 is 0. The van der Waals surface area contributed by atoms with E-state index in [9.17, 15) is 12.8 Å². The third-order valence-electron chi connectivity index (χ3n) is 4.14. The number of nitrogens with zero attached hydrogens (tertiary/aromatic N) is 2. The second-order valence-corrected chi connectivity index (χ2v) is 7.66. The molecule has 0 aliphatic carbocycles. The van der Waals surface area contributed by atoms with Crippen molar-refractivity contribution in [2.45, 2.75) is 6.04 Å². The molecule has 1 N–H and O–H groups in total. The molecule has 1 aliphatic rings. The zero-order valence-corrected chi connectivity index (χ0v) is 16.7. The molecule has 1 aromatic rings. The number of ether oxygens (including phenoxy) is 2. The van der Waals surface area contributed by atoms with Gasteiger partial charge < -0.3 is 14.8 Å². The van der Waals surface area contributed by atoms with E-state index in [1.165, 1.54) is 35.0 Å². The van der Waals surface area contributed by atoms with E-state index in [2.05, 4.69) is 5.32 Å². The predicted molar refractivity (Wildman–Crippen MR) is 100 cm³/mol. The van der Waals surface area contributed by atoms with Crippen molar-refractivity contribution in [3.05, 3.63) is 35.6 Å². The highest BCUT2D eigenvalue weighted by Gasteiger charge is 2.37. The van der Waals surface area contributed by atoms with Gasteiger partial charge in [0.1, 0.15) is 5.82 Å². The van der Waals surface area contributed by atoms with Crippen LogP contribution in [-0.2, 0) is 19.7 Å². The summed E-state index contributed by atoms with van der Waals surface area (Å²) in [6.45, 7) is 2.36. The average molecular weight is 412 g/mol. The molecule has 10 heteroatoms. The highest BCUT2D eigenvalue weighted by molar-refractivity contribution is 7.86. The Bertz CT molecular complexity index is 642. The van der Waals surface area contributed by atoms with Gasteiger partial charge in [-0.05, 0) is 17.7 Å². The Labute approximate surface area is 161 Å². The fourth-order valence-corrected chi connectivity index (χ4v) is 4.58. The van der Waals surface area contributed by atoms with Crippen LogP contribution in [0.5, 0.6) is 0 Å². The van der Waals surface area contributed by atoms with Crippen LogP contribution in [0.15, 0.2) is 24.3 Å². The minimum Gasteiger partial charge on any atom is -0.383 e. The van der Waals surface area contributed by atoms with Gasteiger partial charge in [-0.3, -0.25) is 0 Å². The Kier molecular flexibility index (Phi) is 9.94. The van der Waals surface area contributed by atoms with Crippen LogP contribution >= 0.6 is 12.4 Å². The lowest BCUT2D eigenvalue weighted by molar-refractivity contribution is 0.143. The Morgan fingerprint density at radius 2 is 1.92 bits per heavy atom. The lowest BCUT2D eigenvalue weighted by Gasteiger charge is -2.38. The van der Waals surface area contributed by atoms with Crippen LogP contribution in [0.4, 0.5) is 4.39 Å². The van der Waals surface area contributed by atoms with Crippen molar-refractivity contribution in [1.82, 2.24) is 13.9 Å². The first-order valence-corrected chi connectivity index (χ1v) is 9.61. The molecule has 26 heavy (non-hydrogen) atoms. The topological polar surface area (TPSA) is 71.1 Å². The van der Waals surface area contributed by atoms with E-state index in [1.807, 2.05) is 0 Å². The van der Waals surface area contributed by atoms with Crippen LogP contribution in [0.1, 0.15) is 11.6 Å².